The first-order chi connectivity index (χ1) is 12.5. The van der Waals surface area contributed by atoms with Crippen molar-refractivity contribution < 1.29 is 14.0 Å². The zero-order chi connectivity index (χ0) is 18.5. The van der Waals surface area contributed by atoms with Gasteiger partial charge in [0.15, 0.2) is 0 Å². The van der Waals surface area contributed by atoms with E-state index in [4.69, 9.17) is 11.6 Å². The summed E-state index contributed by atoms with van der Waals surface area (Å²) in [6, 6.07) is 10.2. The number of carbonyl (C=O) groups is 2. The van der Waals surface area contributed by atoms with Crippen molar-refractivity contribution in [3.63, 3.8) is 0 Å². The average molecular weight is 376 g/mol. The monoisotopic (exact) mass is 375 g/mol. The minimum atomic E-state index is -0.483. The van der Waals surface area contributed by atoms with Gasteiger partial charge >= 0.3 is 0 Å². The van der Waals surface area contributed by atoms with Gasteiger partial charge in [-0.05, 0) is 49.4 Å². The average Bonchev–Trinajstić information content (AvgIpc) is 2.91. The van der Waals surface area contributed by atoms with E-state index in [1.54, 1.807) is 17.0 Å². The molecule has 1 aliphatic heterocycles. The van der Waals surface area contributed by atoms with Gasteiger partial charge in [-0.25, -0.2) is 4.39 Å². The molecule has 0 bridgehead atoms. The molecule has 136 valence electrons. The smallest absolute Gasteiger partial charge is 0.255 e. The van der Waals surface area contributed by atoms with Crippen LogP contribution in [0.5, 0.6) is 0 Å². The second kappa shape index (κ2) is 8.29. The fourth-order valence-corrected chi connectivity index (χ4v) is 3.08. The number of anilines is 1. The topological polar surface area (TPSA) is 61.4 Å². The molecule has 0 atom stereocenters. The molecule has 1 aliphatic rings. The van der Waals surface area contributed by atoms with Crippen molar-refractivity contribution in [3.05, 3.63) is 64.4 Å². The Hall–Kier alpha value is -2.44. The molecule has 5 nitrogen and oxygen atoms in total. The molecule has 0 unspecified atom stereocenters. The van der Waals surface area contributed by atoms with Gasteiger partial charge in [-0.1, -0.05) is 17.7 Å². The molecular formula is C19H19ClFN3O2. The lowest BCUT2D eigenvalue weighted by molar-refractivity contribution is 0.0766. The second-order valence-electron chi connectivity index (χ2n) is 6.05. The number of nitrogens with zero attached hydrogens (tertiary/aromatic N) is 1. The van der Waals surface area contributed by atoms with Gasteiger partial charge in [0.2, 0.25) is 0 Å². The van der Waals surface area contributed by atoms with E-state index in [0.717, 1.165) is 25.6 Å². The van der Waals surface area contributed by atoms with Crippen LogP contribution in [-0.4, -0.2) is 42.9 Å². The number of halogens is 2. The van der Waals surface area contributed by atoms with Gasteiger partial charge < -0.3 is 15.5 Å². The Balaban J connectivity index is 1.72. The van der Waals surface area contributed by atoms with Gasteiger partial charge in [-0.2, -0.15) is 0 Å². The SMILES string of the molecule is O=C(Nc1ccc(C(=O)N2CCCNCC2)c(Cl)c1)c1cccc(F)c1. The van der Waals surface area contributed by atoms with Gasteiger partial charge in [-0.3, -0.25) is 9.59 Å². The second-order valence-corrected chi connectivity index (χ2v) is 6.46. The Kier molecular flexibility index (Phi) is 5.85. The van der Waals surface area contributed by atoms with Gasteiger partial charge in [0.1, 0.15) is 5.82 Å². The maximum absolute atomic E-state index is 13.2. The fourth-order valence-electron chi connectivity index (χ4n) is 2.82. The molecule has 0 saturated carbocycles. The number of rotatable bonds is 3. The van der Waals surface area contributed by atoms with Crippen LogP contribution in [0.2, 0.25) is 5.02 Å². The molecular weight excluding hydrogens is 357 g/mol. The van der Waals surface area contributed by atoms with Gasteiger partial charge in [0.05, 0.1) is 10.6 Å². The van der Waals surface area contributed by atoms with E-state index in [-0.39, 0.29) is 16.5 Å². The molecule has 3 rings (SSSR count). The molecule has 2 aromatic rings. The number of nitrogens with one attached hydrogen (secondary N) is 2. The molecule has 0 aromatic heterocycles. The summed E-state index contributed by atoms with van der Waals surface area (Å²) in [7, 11) is 0. The summed E-state index contributed by atoms with van der Waals surface area (Å²) < 4.78 is 13.2. The van der Waals surface area contributed by atoms with Crippen LogP contribution >= 0.6 is 11.6 Å². The van der Waals surface area contributed by atoms with E-state index in [0.29, 0.717) is 24.3 Å². The van der Waals surface area contributed by atoms with Crippen LogP contribution in [0, 0.1) is 5.82 Å². The van der Waals surface area contributed by atoms with Crippen LogP contribution in [0.4, 0.5) is 10.1 Å². The van der Waals surface area contributed by atoms with Crippen LogP contribution < -0.4 is 10.6 Å². The molecule has 1 heterocycles. The Labute approximate surface area is 156 Å². The largest absolute Gasteiger partial charge is 0.337 e. The van der Waals surface area contributed by atoms with E-state index in [1.807, 2.05) is 0 Å². The Morgan fingerprint density at radius 3 is 2.73 bits per heavy atom. The van der Waals surface area contributed by atoms with Gasteiger partial charge in [0, 0.05) is 30.9 Å². The predicted octanol–water partition coefficient (Wildman–Crippen LogP) is 3.17. The van der Waals surface area contributed by atoms with Crippen molar-refractivity contribution in [2.75, 3.05) is 31.5 Å². The zero-order valence-electron chi connectivity index (χ0n) is 14.1. The van der Waals surface area contributed by atoms with Gasteiger partial charge in [0.25, 0.3) is 11.8 Å². The lowest BCUT2D eigenvalue weighted by atomic mass is 10.1. The summed E-state index contributed by atoms with van der Waals surface area (Å²) in [5.74, 6) is -1.05. The first kappa shape index (κ1) is 18.4. The number of benzene rings is 2. The quantitative estimate of drug-likeness (QED) is 0.866. The van der Waals surface area contributed by atoms with Crippen molar-refractivity contribution in [3.8, 4) is 0 Å². The predicted molar refractivity (Wildman–Crippen MR) is 99.2 cm³/mol. The van der Waals surface area contributed by atoms with E-state index in [9.17, 15) is 14.0 Å². The Bertz CT molecular complexity index is 820. The molecule has 2 amide bonds. The molecule has 2 N–H and O–H groups in total. The van der Waals surface area contributed by atoms with Crippen LogP contribution in [-0.2, 0) is 0 Å². The molecule has 0 aliphatic carbocycles. The van der Waals surface area contributed by atoms with E-state index < -0.39 is 11.7 Å². The van der Waals surface area contributed by atoms with Crippen LogP contribution in [0.25, 0.3) is 0 Å². The fraction of sp³-hybridized carbons (Fsp3) is 0.263. The van der Waals surface area contributed by atoms with Crippen LogP contribution in [0.3, 0.4) is 0 Å². The lowest BCUT2D eigenvalue weighted by Crippen LogP contribution is -2.34. The summed E-state index contributed by atoms with van der Waals surface area (Å²) >= 11 is 6.26. The molecule has 1 saturated heterocycles. The van der Waals surface area contributed by atoms with Crippen molar-refractivity contribution in [1.82, 2.24) is 10.2 Å². The molecule has 26 heavy (non-hydrogen) atoms. The molecule has 2 aromatic carbocycles. The van der Waals surface area contributed by atoms with Crippen molar-refractivity contribution in [2.45, 2.75) is 6.42 Å². The summed E-state index contributed by atoms with van der Waals surface area (Å²) in [4.78, 5) is 26.6. The first-order valence-corrected chi connectivity index (χ1v) is 8.79. The van der Waals surface area contributed by atoms with Crippen LogP contribution in [0.1, 0.15) is 27.1 Å². The highest BCUT2D eigenvalue weighted by molar-refractivity contribution is 6.34. The van der Waals surface area contributed by atoms with Crippen LogP contribution in [0.15, 0.2) is 42.5 Å². The summed E-state index contributed by atoms with van der Waals surface area (Å²) in [5.41, 5.74) is 1.05. The summed E-state index contributed by atoms with van der Waals surface area (Å²) in [5, 5.41) is 6.17. The zero-order valence-corrected chi connectivity index (χ0v) is 14.9. The maximum Gasteiger partial charge on any atom is 0.255 e. The van der Waals surface area contributed by atoms with E-state index in [2.05, 4.69) is 10.6 Å². The lowest BCUT2D eigenvalue weighted by Gasteiger charge is -2.20. The third-order valence-electron chi connectivity index (χ3n) is 4.17. The number of hydrogen-bond donors (Lipinski definition) is 2. The Morgan fingerprint density at radius 2 is 1.96 bits per heavy atom. The molecule has 0 radical (unpaired) electrons. The van der Waals surface area contributed by atoms with Crippen molar-refractivity contribution in [2.24, 2.45) is 0 Å². The van der Waals surface area contributed by atoms with Crippen molar-refractivity contribution >= 4 is 29.1 Å². The number of carbonyl (C=O) groups excluding carboxylic acids is 2. The molecule has 7 heteroatoms. The summed E-state index contributed by atoms with van der Waals surface area (Å²) in [6.45, 7) is 2.96. The number of hydrogen-bond acceptors (Lipinski definition) is 3. The first-order valence-electron chi connectivity index (χ1n) is 8.41. The standard InChI is InChI=1S/C19H19ClFN3O2/c20-17-12-15(23-18(25)13-3-1-4-14(21)11-13)5-6-16(17)19(26)24-9-2-7-22-8-10-24/h1,3-6,11-12,22H,2,7-10H2,(H,23,25). The van der Waals surface area contributed by atoms with E-state index >= 15 is 0 Å². The molecule has 1 fully saturated rings. The minimum Gasteiger partial charge on any atom is -0.337 e. The molecule has 0 spiro atoms. The van der Waals surface area contributed by atoms with E-state index in [1.165, 1.54) is 24.3 Å². The third kappa shape index (κ3) is 4.39. The minimum absolute atomic E-state index is 0.123. The third-order valence-corrected chi connectivity index (χ3v) is 4.48. The highest BCUT2D eigenvalue weighted by atomic mass is 35.5. The number of amides is 2. The highest BCUT2D eigenvalue weighted by Gasteiger charge is 2.20. The summed E-state index contributed by atoms with van der Waals surface area (Å²) in [6.07, 6.45) is 0.894. The highest BCUT2D eigenvalue weighted by Crippen LogP contribution is 2.23. The van der Waals surface area contributed by atoms with Gasteiger partial charge in [-0.15, -0.1) is 0 Å². The normalized spacial score (nSPS) is 14.6. The Morgan fingerprint density at radius 1 is 1.12 bits per heavy atom. The maximum atomic E-state index is 13.2. The van der Waals surface area contributed by atoms with Crippen molar-refractivity contribution in [1.29, 1.82) is 0 Å².